The number of Topliss-reactive ketones (excluding diaryl/α,β-unsaturated/α-hetero) is 1. The number of para-hydroxylation sites is 1. The third kappa shape index (κ3) is 1.31. The molecule has 3 heteroatoms. The van der Waals surface area contributed by atoms with E-state index in [9.17, 15) is 4.79 Å². The summed E-state index contributed by atoms with van der Waals surface area (Å²) in [4.78, 5) is 11.6. The predicted octanol–water partition coefficient (Wildman–Crippen LogP) is 1.66. The van der Waals surface area contributed by atoms with Crippen LogP contribution in [0.25, 0.3) is 0 Å². The van der Waals surface area contributed by atoms with Crippen molar-refractivity contribution in [3.05, 3.63) is 29.8 Å². The summed E-state index contributed by atoms with van der Waals surface area (Å²) in [7, 11) is 0. The van der Waals surface area contributed by atoms with E-state index in [2.05, 4.69) is 5.32 Å². The fraction of sp³-hybridized carbons (Fsp3) is 0.300. The van der Waals surface area contributed by atoms with Crippen LogP contribution in [0, 0.1) is 0 Å². The first-order valence-electron chi connectivity index (χ1n) is 4.34. The van der Waals surface area contributed by atoms with E-state index in [1.807, 2.05) is 31.2 Å². The van der Waals surface area contributed by atoms with Gasteiger partial charge in [-0.1, -0.05) is 12.1 Å². The highest BCUT2D eigenvalue weighted by Gasteiger charge is 2.29. The van der Waals surface area contributed by atoms with E-state index in [1.165, 1.54) is 0 Å². The molecule has 68 valence electrons. The first-order valence-corrected chi connectivity index (χ1v) is 4.34. The Morgan fingerprint density at radius 2 is 2.23 bits per heavy atom. The quantitative estimate of drug-likeness (QED) is 0.746. The molecule has 1 heterocycles. The lowest BCUT2D eigenvalue weighted by Crippen LogP contribution is -2.25. The standard InChI is InChI=1S/C10H11NO2/c1-2-13-10-9(12)7-5-3-4-6-8(7)11-10/h3-6,10-11H,2H2,1H3. The normalized spacial score (nSPS) is 19.8. The number of rotatable bonds is 2. The van der Waals surface area contributed by atoms with Crippen molar-refractivity contribution in [3.8, 4) is 0 Å². The van der Waals surface area contributed by atoms with Crippen molar-refractivity contribution in [3.63, 3.8) is 0 Å². The maximum Gasteiger partial charge on any atom is 0.214 e. The summed E-state index contributed by atoms with van der Waals surface area (Å²) in [5.74, 6) is 0.0254. The lowest BCUT2D eigenvalue weighted by atomic mass is 10.1. The van der Waals surface area contributed by atoms with Crippen molar-refractivity contribution in [1.29, 1.82) is 0 Å². The largest absolute Gasteiger partial charge is 0.353 e. The van der Waals surface area contributed by atoms with Gasteiger partial charge in [-0.05, 0) is 19.1 Å². The van der Waals surface area contributed by atoms with Gasteiger partial charge in [-0.15, -0.1) is 0 Å². The van der Waals surface area contributed by atoms with Crippen LogP contribution in [0.5, 0.6) is 0 Å². The molecule has 13 heavy (non-hydrogen) atoms. The summed E-state index contributed by atoms with van der Waals surface area (Å²) in [6.07, 6.45) is -0.484. The van der Waals surface area contributed by atoms with Crippen LogP contribution < -0.4 is 5.32 Å². The average molecular weight is 177 g/mol. The molecule has 0 saturated heterocycles. The maximum atomic E-state index is 11.6. The van der Waals surface area contributed by atoms with Crippen LogP contribution in [0.3, 0.4) is 0 Å². The Kier molecular flexibility index (Phi) is 2.02. The number of carbonyl (C=O) groups excluding carboxylic acids is 1. The van der Waals surface area contributed by atoms with E-state index in [-0.39, 0.29) is 5.78 Å². The molecule has 0 saturated carbocycles. The molecule has 0 aliphatic carbocycles. The van der Waals surface area contributed by atoms with Crippen LogP contribution in [0.4, 0.5) is 5.69 Å². The fourth-order valence-corrected chi connectivity index (χ4v) is 1.46. The van der Waals surface area contributed by atoms with Crippen molar-refractivity contribution < 1.29 is 9.53 Å². The van der Waals surface area contributed by atoms with Gasteiger partial charge in [-0.3, -0.25) is 4.79 Å². The maximum absolute atomic E-state index is 11.6. The molecule has 1 aromatic carbocycles. The Hall–Kier alpha value is -1.35. The highest BCUT2D eigenvalue weighted by molar-refractivity contribution is 6.09. The molecule has 1 aliphatic heterocycles. The van der Waals surface area contributed by atoms with Gasteiger partial charge < -0.3 is 10.1 Å². The van der Waals surface area contributed by atoms with E-state index in [0.717, 1.165) is 11.3 Å². The number of hydrogen-bond acceptors (Lipinski definition) is 3. The van der Waals surface area contributed by atoms with Crippen molar-refractivity contribution in [1.82, 2.24) is 0 Å². The molecule has 1 unspecified atom stereocenters. The molecule has 2 rings (SSSR count). The predicted molar refractivity (Wildman–Crippen MR) is 49.8 cm³/mol. The average Bonchev–Trinajstić information content (AvgIpc) is 2.46. The summed E-state index contributed by atoms with van der Waals surface area (Å²) in [5, 5.41) is 3.01. The van der Waals surface area contributed by atoms with E-state index < -0.39 is 6.23 Å². The number of ketones is 1. The second kappa shape index (κ2) is 3.18. The summed E-state index contributed by atoms with van der Waals surface area (Å²) in [6, 6.07) is 7.44. The van der Waals surface area contributed by atoms with Gasteiger partial charge in [0, 0.05) is 17.9 Å². The molecule has 1 N–H and O–H groups in total. The first kappa shape index (κ1) is 8.26. The number of fused-ring (bicyclic) bond motifs is 1. The number of hydrogen-bond donors (Lipinski definition) is 1. The van der Waals surface area contributed by atoms with Crippen molar-refractivity contribution in [2.45, 2.75) is 13.2 Å². The van der Waals surface area contributed by atoms with Gasteiger partial charge in [0.25, 0.3) is 0 Å². The van der Waals surface area contributed by atoms with Crippen molar-refractivity contribution >= 4 is 11.5 Å². The molecule has 0 radical (unpaired) electrons. The molecule has 0 aromatic heterocycles. The van der Waals surface area contributed by atoms with Gasteiger partial charge in [0.05, 0.1) is 0 Å². The summed E-state index contributed by atoms with van der Waals surface area (Å²) in [6.45, 7) is 2.41. The Morgan fingerprint density at radius 1 is 1.46 bits per heavy atom. The minimum atomic E-state index is -0.484. The van der Waals surface area contributed by atoms with Gasteiger partial charge in [-0.25, -0.2) is 0 Å². The van der Waals surface area contributed by atoms with Gasteiger partial charge >= 0.3 is 0 Å². The van der Waals surface area contributed by atoms with Gasteiger partial charge in [0.2, 0.25) is 5.78 Å². The number of ether oxygens (including phenoxy) is 1. The van der Waals surface area contributed by atoms with Gasteiger partial charge in [0.1, 0.15) is 0 Å². The highest BCUT2D eigenvalue weighted by Crippen LogP contribution is 2.25. The second-order valence-electron chi connectivity index (χ2n) is 2.89. The van der Waals surface area contributed by atoms with Crippen LogP contribution in [-0.2, 0) is 4.74 Å². The lowest BCUT2D eigenvalue weighted by Gasteiger charge is -2.08. The van der Waals surface area contributed by atoms with Crippen LogP contribution in [-0.4, -0.2) is 18.6 Å². The van der Waals surface area contributed by atoms with Crippen molar-refractivity contribution in [2.75, 3.05) is 11.9 Å². The fourth-order valence-electron chi connectivity index (χ4n) is 1.46. The molecule has 3 nitrogen and oxygen atoms in total. The monoisotopic (exact) mass is 177 g/mol. The summed E-state index contributed by atoms with van der Waals surface area (Å²) in [5.41, 5.74) is 1.59. The Morgan fingerprint density at radius 3 is 2.92 bits per heavy atom. The summed E-state index contributed by atoms with van der Waals surface area (Å²) < 4.78 is 5.24. The number of benzene rings is 1. The molecular weight excluding hydrogens is 166 g/mol. The molecular formula is C10H11NO2. The molecule has 0 spiro atoms. The molecule has 1 aromatic rings. The van der Waals surface area contributed by atoms with Gasteiger partial charge in [-0.2, -0.15) is 0 Å². The van der Waals surface area contributed by atoms with E-state index in [0.29, 0.717) is 6.61 Å². The Bertz CT molecular complexity index is 335. The van der Waals surface area contributed by atoms with Crippen LogP contribution in [0.2, 0.25) is 0 Å². The third-order valence-corrected chi connectivity index (χ3v) is 2.05. The van der Waals surface area contributed by atoms with E-state index in [1.54, 1.807) is 0 Å². The lowest BCUT2D eigenvalue weighted by molar-refractivity contribution is 0.0577. The SMILES string of the molecule is CCOC1Nc2ccccc2C1=O. The molecule has 0 amide bonds. The molecule has 0 bridgehead atoms. The van der Waals surface area contributed by atoms with Crippen LogP contribution in [0.15, 0.2) is 24.3 Å². The minimum absolute atomic E-state index is 0.0254. The van der Waals surface area contributed by atoms with Crippen molar-refractivity contribution in [2.24, 2.45) is 0 Å². The van der Waals surface area contributed by atoms with Crippen LogP contribution in [0.1, 0.15) is 17.3 Å². The topological polar surface area (TPSA) is 38.3 Å². The smallest absolute Gasteiger partial charge is 0.214 e. The van der Waals surface area contributed by atoms with E-state index >= 15 is 0 Å². The summed E-state index contributed by atoms with van der Waals surface area (Å²) >= 11 is 0. The zero-order valence-corrected chi connectivity index (χ0v) is 7.41. The molecule has 0 fully saturated rings. The highest BCUT2D eigenvalue weighted by atomic mass is 16.5. The third-order valence-electron chi connectivity index (χ3n) is 2.05. The van der Waals surface area contributed by atoms with E-state index in [4.69, 9.17) is 4.74 Å². The minimum Gasteiger partial charge on any atom is -0.353 e. The number of nitrogens with one attached hydrogen (secondary N) is 1. The zero-order chi connectivity index (χ0) is 9.26. The van der Waals surface area contributed by atoms with Crippen LogP contribution >= 0.6 is 0 Å². The first-order chi connectivity index (χ1) is 6.33. The number of carbonyl (C=O) groups is 1. The van der Waals surface area contributed by atoms with Gasteiger partial charge in [0.15, 0.2) is 6.23 Å². The second-order valence-corrected chi connectivity index (χ2v) is 2.89. The zero-order valence-electron chi connectivity index (χ0n) is 7.41. The molecule has 1 aliphatic rings. The number of anilines is 1. The Balaban J connectivity index is 2.28. The Labute approximate surface area is 76.7 Å². The molecule has 1 atom stereocenters.